The second-order valence-electron chi connectivity index (χ2n) is 2.44. The van der Waals surface area contributed by atoms with E-state index in [2.05, 4.69) is 18.6 Å². The van der Waals surface area contributed by atoms with E-state index < -0.39 is 6.09 Å². The van der Waals surface area contributed by atoms with Crippen molar-refractivity contribution in [1.29, 1.82) is 0 Å². The molecule has 1 atom stereocenters. The minimum absolute atomic E-state index is 0.386. The van der Waals surface area contributed by atoms with Gasteiger partial charge in [-0.3, -0.25) is 0 Å². The first-order chi connectivity index (χ1) is 4.66. The number of rotatable bonds is 4. The van der Waals surface area contributed by atoms with E-state index >= 15 is 0 Å². The summed E-state index contributed by atoms with van der Waals surface area (Å²) in [6, 6.07) is 0. The number of amides is 1. The van der Waals surface area contributed by atoms with Gasteiger partial charge in [-0.25, -0.2) is 10.5 Å². The zero-order chi connectivity index (χ0) is 7.98. The maximum Gasteiger partial charge on any atom is 0.426 e. The van der Waals surface area contributed by atoms with Gasteiger partial charge in [-0.15, -0.1) is 0 Å². The molecule has 10 heavy (non-hydrogen) atoms. The maximum absolute atomic E-state index is 9.96. The summed E-state index contributed by atoms with van der Waals surface area (Å²) in [5, 5.41) is 0. The Hall–Kier alpha value is -0.730. The molecule has 0 aliphatic carbocycles. The van der Waals surface area contributed by atoms with Crippen molar-refractivity contribution in [3.05, 3.63) is 0 Å². The van der Waals surface area contributed by atoms with Crippen molar-refractivity contribution in [3.63, 3.8) is 0 Å². The average Bonchev–Trinajstić information content (AvgIpc) is 1.87. The first-order valence-corrected chi connectivity index (χ1v) is 3.55. The molecule has 1 N–H and O–H groups in total. The normalized spacial score (nSPS) is 12.6. The van der Waals surface area contributed by atoms with Gasteiger partial charge in [-0.1, -0.05) is 20.3 Å². The lowest BCUT2D eigenvalue weighted by Crippen LogP contribution is -2.06. The van der Waals surface area contributed by atoms with E-state index in [1.54, 1.807) is 0 Å². The molecule has 0 aromatic heterocycles. The number of carbonyl (C=O) groups is 1. The monoisotopic (exact) mass is 144 g/mol. The van der Waals surface area contributed by atoms with Crippen LogP contribution >= 0.6 is 0 Å². The van der Waals surface area contributed by atoms with Crippen LogP contribution in [0.15, 0.2) is 0 Å². The van der Waals surface area contributed by atoms with Crippen molar-refractivity contribution in [3.8, 4) is 0 Å². The minimum Gasteiger partial charge on any atom is -0.448 e. The Labute approximate surface area is 61.5 Å². The van der Waals surface area contributed by atoms with Crippen LogP contribution in [-0.4, -0.2) is 12.7 Å². The third kappa shape index (κ3) is 5.41. The van der Waals surface area contributed by atoms with Crippen molar-refractivity contribution in [2.24, 2.45) is 5.92 Å². The zero-order valence-corrected chi connectivity index (χ0v) is 6.52. The van der Waals surface area contributed by atoms with E-state index in [-0.39, 0.29) is 0 Å². The summed E-state index contributed by atoms with van der Waals surface area (Å²) in [4.78, 5) is 9.96. The summed E-state index contributed by atoms with van der Waals surface area (Å²) in [6.45, 7) is 4.57. The highest BCUT2D eigenvalue weighted by Crippen LogP contribution is 2.05. The van der Waals surface area contributed by atoms with E-state index in [4.69, 9.17) is 5.73 Å². The molecule has 1 amide bonds. The van der Waals surface area contributed by atoms with E-state index in [1.165, 1.54) is 0 Å². The lowest BCUT2D eigenvalue weighted by atomic mass is 10.1. The fraction of sp³-hybridized carbons (Fsp3) is 0.857. The zero-order valence-electron chi connectivity index (χ0n) is 6.52. The number of hydrogen-bond donors (Lipinski definition) is 0. The van der Waals surface area contributed by atoms with Gasteiger partial charge in [0.1, 0.15) is 0 Å². The number of nitrogens with one attached hydrogen (secondary N) is 1. The van der Waals surface area contributed by atoms with Crippen LogP contribution < -0.4 is 5.73 Å². The molecular formula is C7H14NO2. The molecule has 0 aromatic carbocycles. The second-order valence-corrected chi connectivity index (χ2v) is 2.44. The summed E-state index contributed by atoms with van der Waals surface area (Å²) in [7, 11) is 0. The van der Waals surface area contributed by atoms with Crippen LogP contribution in [0.3, 0.4) is 0 Å². The van der Waals surface area contributed by atoms with Gasteiger partial charge in [0, 0.05) is 0 Å². The number of ether oxygens (including phenoxy) is 1. The Morgan fingerprint density at radius 1 is 1.70 bits per heavy atom. The van der Waals surface area contributed by atoms with Crippen LogP contribution in [-0.2, 0) is 4.74 Å². The Balaban J connectivity index is 3.11. The molecule has 3 heteroatoms. The highest BCUT2D eigenvalue weighted by atomic mass is 16.5. The second kappa shape index (κ2) is 5.09. The third-order valence-corrected chi connectivity index (χ3v) is 1.54. The molecule has 0 rings (SSSR count). The molecule has 1 radical (unpaired) electrons. The van der Waals surface area contributed by atoms with Gasteiger partial charge >= 0.3 is 6.09 Å². The molecule has 0 aliphatic heterocycles. The summed E-state index contributed by atoms with van der Waals surface area (Å²) in [5.41, 5.74) is 6.42. The summed E-state index contributed by atoms with van der Waals surface area (Å²) >= 11 is 0. The van der Waals surface area contributed by atoms with Crippen LogP contribution in [0, 0.1) is 5.92 Å². The fourth-order valence-electron chi connectivity index (χ4n) is 0.557. The fourth-order valence-corrected chi connectivity index (χ4v) is 0.557. The molecular weight excluding hydrogens is 130 g/mol. The van der Waals surface area contributed by atoms with E-state index in [1.807, 2.05) is 0 Å². The van der Waals surface area contributed by atoms with Gasteiger partial charge in [0.25, 0.3) is 0 Å². The van der Waals surface area contributed by atoms with Crippen molar-refractivity contribution in [2.45, 2.75) is 26.7 Å². The third-order valence-electron chi connectivity index (χ3n) is 1.54. The summed E-state index contributed by atoms with van der Waals surface area (Å²) < 4.78 is 4.44. The number of carbonyl (C=O) groups excluding carboxylic acids is 1. The van der Waals surface area contributed by atoms with Crippen molar-refractivity contribution in [1.82, 2.24) is 5.73 Å². The molecule has 3 nitrogen and oxygen atoms in total. The van der Waals surface area contributed by atoms with Crippen molar-refractivity contribution in [2.75, 3.05) is 6.61 Å². The Morgan fingerprint density at radius 2 is 2.30 bits per heavy atom. The largest absolute Gasteiger partial charge is 0.448 e. The first-order valence-electron chi connectivity index (χ1n) is 3.55. The van der Waals surface area contributed by atoms with E-state index in [9.17, 15) is 4.79 Å². The minimum atomic E-state index is -0.927. The molecule has 0 saturated carbocycles. The standard InChI is InChI=1S/C7H14NO2/c1-3-6(2)4-5-10-7(8)9/h6,8H,3-5H2,1-2H3. The predicted molar refractivity (Wildman–Crippen MR) is 38.5 cm³/mol. The van der Waals surface area contributed by atoms with Crippen molar-refractivity contribution >= 4 is 6.09 Å². The Morgan fingerprint density at radius 3 is 2.70 bits per heavy atom. The van der Waals surface area contributed by atoms with Gasteiger partial charge in [0.2, 0.25) is 0 Å². The van der Waals surface area contributed by atoms with Crippen LogP contribution in [0.5, 0.6) is 0 Å². The average molecular weight is 144 g/mol. The van der Waals surface area contributed by atoms with Gasteiger partial charge < -0.3 is 4.74 Å². The van der Waals surface area contributed by atoms with Crippen LogP contribution in [0.25, 0.3) is 0 Å². The quantitative estimate of drug-likeness (QED) is 0.604. The molecule has 0 heterocycles. The van der Waals surface area contributed by atoms with Crippen LogP contribution in [0.4, 0.5) is 4.79 Å². The molecule has 0 aliphatic rings. The highest BCUT2D eigenvalue weighted by molar-refractivity contribution is 5.63. The smallest absolute Gasteiger partial charge is 0.426 e. The molecule has 0 fully saturated rings. The van der Waals surface area contributed by atoms with Crippen LogP contribution in [0.1, 0.15) is 26.7 Å². The molecule has 0 aromatic rings. The molecule has 59 valence electrons. The lowest BCUT2D eigenvalue weighted by Gasteiger charge is -2.06. The maximum atomic E-state index is 9.96. The molecule has 0 spiro atoms. The Kier molecular flexibility index (Phi) is 4.72. The SMILES string of the molecule is CCC(C)CCOC([NH])=O. The molecule has 0 saturated heterocycles. The molecule has 0 bridgehead atoms. The predicted octanol–water partition coefficient (Wildman–Crippen LogP) is 1.84. The molecule has 1 unspecified atom stereocenters. The van der Waals surface area contributed by atoms with Crippen molar-refractivity contribution < 1.29 is 9.53 Å². The van der Waals surface area contributed by atoms with E-state index in [0.29, 0.717) is 12.5 Å². The van der Waals surface area contributed by atoms with Gasteiger partial charge in [-0.2, -0.15) is 0 Å². The van der Waals surface area contributed by atoms with Gasteiger partial charge in [0.15, 0.2) is 0 Å². The topological polar surface area (TPSA) is 50.1 Å². The number of hydrogen-bond acceptors (Lipinski definition) is 2. The van der Waals surface area contributed by atoms with Gasteiger partial charge in [0.05, 0.1) is 6.61 Å². The summed E-state index contributed by atoms with van der Waals surface area (Å²) in [6.07, 6.45) is 1.03. The van der Waals surface area contributed by atoms with E-state index in [0.717, 1.165) is 12.8 Å². The Bertz CT molecular complexity index is 104. The van der Waals surface area contributed by atoms with Crippen LogP contribution in [0.2, 0.25) is 0 Å². The highest BCUT2D eigenvalue weighted by Gasteiger charge is 1.99. The summed E-state index contributed by atoms with van der Waals surface area (Å²) in [5.74, 6) is 0.583. The lowest BCUT2D eigenvalue weighted by molar-refractivity contribution is 0.147. The first kappa shape index (κ1) is 9.27. The van der Waals surface area contributed by atoms with Gasteiger partial charge in [-0.05, 0) is 12.3 Å².